The van der Waals surface area contributed by atoms with Crippen molar-refractivity contribution in [1.82, 2.24) is 15.4 Å². The number of benzene rings is 2. The first-order chi connectivity index (χ1) is 15.6. The number of halogens is 1. The number of hydrogen-bond acceptors (Lipinski definition) is 6. The quantitative estimate of drug-likeness (QED) is 0.341. The molecular weight excluding hydrogens is 470 g/mol. The average Bonchev–Trinajstić information content (AvgIpc) is 3.54. The van der Waals surface area contributed by atoms with Gasteiger partial charge >= 0.3 is 0 Å². The van der Waals surface area contributed by atoms with Crippen molar-refractivity contribution in [1.29, 1.82) is 0 Å². The number of H-pyrrole nitrogens is 1. The third kappa shape index (κ3) is 3.78. The molecule has 0 spiro atoms. The average molecular weight is 492 g/mol. The Hall–Kier alpha value is -3.52. The number of aryl methyl sites for hydroxylation is 1. The molecule has 0 saturated carbocycles. The van der Waals surface area contributed by atoms with Crippen LogP contribution in [0.15, 0.2) is 76.2 Å². The van der Waals surface area contributed by atoms with Crippen molar-refractivity contribution >= 4 is 27.6 Å². The van der Waals surface area contributed by atoms with E-state index in [1.807, 2.05) is 43.1 Å². The molecule has 1 unspecified atom stereocenters. The van der Waals surface area contributed by atoms with Gasteiger partial charge in [-0.3, -0.25) is 10.00 Å². The molecule has 0 fully saturated rings. The predicted molar refractivity (Wildman–Crippen MR) is 127 cm³/mol. The second-order valence-corrected chi connectivity index (χ2v) is 8.46. The summed E-state index contributed by atoms with van der Waals surface area (Å²) in [7, 11) is 0. The summed E-state index contributed by atoms with van der Waals surface area (Å²) in [5, 5.41) is 14.6. The fraction of sp³-hybridized carbons (Fsp3) is 0.167. The van der Waals surface area contributed by atoms with E-state index in [2.05, 4.69) is 66.9 Å². The van der Waals surface area contributed by atoms with E-state index in [4.69, 9.17) is 9.26 Å². The summed E-state index contributed by atoms with van der Waals surface area (Å²) >= 11 is 3.51. The molecule has 0 bridgehead atoms. The van der Waals surface area contributed by atoms with Crippen molar-refractivity contribution in [3.8, 4) is 11.1 Å². The van der Waals surface area contributed by atoms with E-state index in [9.17, 15) is 0 Å². The minimum atomic E-state index is -0.330. The Bertz CT molecular complexity index is 1260. The molecule has 3 heterocycles. The highest BCUT2D eigenvalue weighted by Crippen LogP contribution is 2.37. The van der Waals surface area contributed by atoms with Crippen LogP contribution in [0.25, 0.3) is 11.1 Å². The Kier molecular flexibility index (Phi) is 5.45. The van der Waals surface area contributed by atoms with Crippen LogP contribution in [0.4, 0.5) is 11.7 Å². The maximum atomic E-state index is 5.95. The van der Waals surface area contributed by atoms with E-state index in [-0.39, 0.29) is 6.23 Å². The maximum absolute atomic E-state index is 5.95. The zero-order valence-electron chi connectivity index (χ0n) is 17.7. The van der Waals surface area contributed by atoms with Crippen LogP contribution < -0.4 is 10.2 Å². The standard InChI is InChI=1S/C24H22BrN5O2/c1-15-16(2)29-32-23(15)30-10-11-31-24(30)18-8-9-20(17-6-4-3-5-7-17)19(12-18)13-26-22-21(25)14-27-28-22/h3-12,14,24H,13H2,1-2H3,(H2,26,27,28). The zero-order valence-corrected chi connectivity index (χ0v) is 19.3. The normalized spacial score (nSPS) is 15.2. The van der Waals surface area contributed by atoms with Gasteiger partial charge in [-0.1, -0.05) is 47.6 Å². The van der Waals surface area contributed by atoms with Gasteiger partial charge in [0.1, 0.15) is 12.1 Å². The topological polar surface area (TPSA) is 79.2 Å². The van der Waals surface area contributed by atoms with E-state index >= 15 is 0 Å². The Labute approximate surface area is 194 Å². The molecule has 8 heteroatoms. The Morgan fingerprint density at radius 3 is 2.72 bits per heavy atom. The van der Waals surface area contributed by atoms with Crippen molar-refractivity contribution in [2.45, 2.75) is 26.6 Å². The van der Waals surface area contributed by atoms with Gasteiger partial charge in [0.25, 0.3) is 0 Å². The van der Waals surface area contributed by atoms with Gasteiger partial charge < -0.3 is 14.6 Å². The van der Waals surface area contributed by atoms with Crippen LogP contribution in [0.1, 0.15) is 28.6 Å². The highest BCUT2D eigenvalue weighted by molar-refractivity contribution is 9.10. The van der Waals surface area contributed by atoms with Crippen molar-refractivity contribution in [2.75, 3.05) is 10.2 Å². The lowest BCUT2D eigenvalue weighted by Gasteiger charge is -2.23. The molecule has 0 saturated heterocycles. The van der Waals surface area contributed by atoms with E-state index in [0.717, 1.165) is 43.8 Å². The van der Waals surface area contributed by atoms with E-state index < -0.39 is 0 Å². The van der Waals surface area contributed by atoms with Crippen molar-refractivity contribution in [3.05, 3.63) is 94.0 Å². The zero-order chi connectivity index (χ0) is 22.1. The third-order valence-corrected chi connectivity index (χ3v) is 6.20. The minimum Gasteiger partial charge on any atom is -0.472 e. The number of ether oxygens (including phenoxy) is 1. The van der Waals surface area contributed by atoms with Crippen molar-refractivity contribution < 1.29 is 9.26 Å². The molecule has 32 heavy (non-hydrogen) atoms. The molecule has 2 aromatic heterocycles. The summed E-state index contributed by atoms with van der Waals surface area (Å²) in [6.45, 7) is 4.55. The number of anilines is 2. The fourth-order valence-corrected chi connectivity index (χ4v) is 4.10. The van der Waals surface area contributed by atoms with Crippen LogP contribution >= 0.6 is 15.9 Å². The van der Waals surface area contributed by atoms with Gasteiger partial charge in [0, 0.05) is 23.9 Å². The molecule has 1 aliphatic heterocycles. The highest BCUT2D eigenvalue weighted by Gasteiger charge is 2.29. The van der Waals surface area contributed by atoms with Crippen LogP contribution in [-0.2, 0) is 11.3 Å². The molecule has 5 rings (SSSR count). The van der Waals surface area contributed by atoms with Crippen LogP contribution in [0.5, 0.6) is 0 Å². The molecule has 7 nitrogen and oxygen atoms in total. The number of rotatable bonds is 6. The molecule has 2 N–H and O–H groups in total. The second kappa shape index (κ2) is 8.55. The summed E-state index contributed by atoms with van der Waals surface area (Å²) in [5.41, 5.74) is 6.33. The number of nitrogens with one attached hydrogen (secondary N) is 2. The van der Waals surface area contributed by atoms with Gasteiger partial charge in [0.15, 0.2) is 0 Å². The summed E-state index contributed by atoms with van der Waals surface area (Å²) in [6.07, 6.45) is 4.97. The van der Waals surface area contributed by atoms with Gasteiger partial charge in [0.05, 0.1) is 16.4 Å². The van der Waals surface area contributed by atoms with Gasteiger partial charge in [-0.25, -0.2) is 0 Å². The molecular formula is C24H22BrN5O2. The first kappa shape index (κ1) is 20.4. The fourth-order valence-electron chi connectivity index (χ4n) is 3.77. The van der Waals surface area contributed by atoms with Crippen LogP contribution in [0, 0.1) is 13.8 Å². The molecule has 2 aromatic carbocycles. The molecule has 0 amide bonds. The summed E-state index contributed by atoms with van der Waals surface area (Å²) < 4.78 is 12.4. The Morgan fingerprint density at radius 1 is 1.16 bits per heavy atom. The molecule has 0 aliphatic carbocycles. The SMILES string of the molecule is Cc1noc(N2C=COC2c2ccc(-c3ccccc3)c(CNc3[nH]ncc3Br)c2)c1C. The summed E-state index contributed by atoms with van der Waals surface area (Å²) in [6, 6.07) is 16.8. The maximum Gasteiger partial charge on any atom is 0.237 e. The van der Waals surface area contributed by atoms with E-state index in [1.54, 1.807) is 12.5 Å². The van der Waals surface area contributed by atoms with Crippen LogP contribution in [0.2, 0.25) is 0 Å². The van der Waals surface area contributed by atoms with Crippen molar-refractivity contribution in [3.63, 3.8) is 0 Å². The first-order valence-electron chi connectivity index (χ1n) is 10.3. The van der Waals surface area contributed by atoms with Crippen LogP contribution in [-0.4, -0.2) is 15.4 Å². The molecule has 162 valence electrons. The largest absolute Gasteiger partial charge is 0.472 e. The number of hydrogen-bond donors (Lipinski definition) is 2. The first-order valence-corrected chi connectivity index (χ1v) is 11.1. The third-order valence-electron chi connectivity index (χ3n) is 5.60. The van der Waals surface area contributed by atoms with E-state index in [0.29, 0.717) is 12.4 Å². The van der Waals surface area contributed by atoms with Crippen molar-refractivity contribution in [2.24, 2.45) is 0 Å². The molecule has 1 aliphatic rings. The smallest absolute Gasteiger partial charge is 0.237 e. The van der Waals surface area contributed by atoms with Gasteiger partial charge in [0.2, 0.25) is 12.1 Å². The number of nitrogens with zero attached hydrogens (tertiary/aromatic N) is 3. The lowest BCUT2D eigenvalue weighted by atomic mass is 9.96. The number of aromatic amines is 1. The molecule has 4 aromatic rings. The van der Waals surface area contributed by atoms with Gasteiger partial charge in [-0.05, 0) is 52.5 Å². The van der Waals surface area contributed by atoms with Gasteiger partial charge in [-0.2, -0.15) is 5.10 Å². The molecule has 0 radical (unpaired) electrons. The van der Waals surface area contributed by atoms with E-state index in [1.165, 1.54) is 0 Å². The van der Waals surface area contributed by atoms with Crippen LogP contribution in [0.3, 0.4) is 0 Å². The summed E-state index contributed by atoms with van der Waals surface area (Å²) in [4.78, 5) is 1.97. The number of aromatic nitrogens is 3. The minimum absolute atomic E-state index is 0.330. The Balaban J connectivity index is 1.50. The predicted octanol–water partition coefficient (Wildman–Crippen LogP) is 6.06. The summed E-state index contributed by atoms with van der Waals surface area (Å²) in [5.74, 6) is 1.53. The monoisotopic (exact) mass is 491 g/mol. The van der Waals surface area contributed by atoms with Gasteiger partial charge in [-0.15, -0.1) is 0 Å². The second-order valence-electron chi connectivity index (χ2n) is 7.61. The lowest BCUT2D eigenvalue weighted by molar-refractivity contribution is 0.169. The highest BCUT2D eigenvalue weighted by atomic mass is 79.9. The Morgan fingerprint density at radius 2 is 2.00 bits per heavy atom. The molecule has 1 atom stereocenters. The lowest BCUT2D eigenvalue weighted by Crippen LogP contribution is -2.20.